The molecular formula is C12H16BrNO3. The van der Waals surface area contributed by atoms with Gasteiger partial charge in [0.15, 0.2) is 5.75 Å². The van der Waals surface area contributed by atoms with E-state index in [1.165, 1.54) is 13.2 Å². The SMILES string of the molecule is COc1cc(CC(Br)C(C)C)ccc1[N+](=O)[O-]. The Hall–Kier alpha value is -1.10. The third kappa shape index (κ3) is 3.70. The van der Waals surface area contributed by atoms with Gasteiger partial charge in [0, 0.05) is 10.9 Å². The molecule has 0 heterocycles. The maximum Gasteiger partial charge on any atom is 0.310 e. The van der Waals surface area contributed by atoms with Crippen molar-refractivity contribution in [1.29, 1.82) is 0 Å². The van der Waals surface area contributed by atoms with E-state index < -0.39 is 4.92 Å². The van der Waals surface area contributed by atoms with Crippen LogP contribution in [0, 0.1) is 16.0 Å². The van der Waals surface area contributed by atoms with E-state index >= 15 is 0 Å². The quantitative estimate of drug-likeness (QED) is 0.474. The fourth-order valence-corrected chi connectivity index (χ4v) is 1.83. The van der Waals surface area contributed by atoms with Crippen LogP contribution in [-0.4, -0.2) is 16.9 Å². The van der Waals surface area contributed by atoms with Crippen molar-refractivity contribution in [3.05, 3.63) is 33.9 Å². The highest BCUT2D eigenvalue weighted by Crippen LogP contribution is 2.29. The average molecular weight is 302 g/mol. The summed E-state index contributed by atoms with van der Waals surface area (Å²) in [5.41, 5.74) is 1.04. The van der Waals surface area contributed by atoms with Gasteiger partial charge in [0.05, 0.1) is 12.0 Å². The summed E-state index contributed by atoms with van der Waals surface area (Å²) < 4.78 is 5.03. The second-order valence-electron chi connectivity index (χ2n) is 4.23. The van der Waals surface area contributed by atoms with Crippen molar-refractivity contribution >= 4 is 21.6 Å². The lowest BCUT2D eigenvalue weighted by atomic mass is 10.0. The summed E-state index contributed by atoms with van der Waals surface area (Å²) in [5, 5.41) is 10.7. The van der Waals surface area contributed by atoms with Gasteiger partial charge in [-0.05, 0) is 24.0 Å². The Bertz CT molecular complexity index is 407. The van der Waals surface area contributed by atoms with Gasteiger partial charge in [-0.15, -0.1) is 0 Å². The Labute approximate surface area is 109 Å². The third-order valence-corrected chi connectivity index (χ3v) is 3.98. The number of ether oxygens (including phenoxy) is 1. The molecule has 1 rings (SSSR count). The molecule has 0 radical (unpaired) electrons. The maximum atomic E-state index is 10.7. The molecule has 0 saturated carbocycles. The van der Waals surface area contributed by atoms with Crippen molar-refractivity contribution < 1.29 is 9.66 Å². The molecule has 0 amide bonds. The van der Waals surface area contributed by atoms with Gasteiger partial charge in [0.1, 0.15) is 0 Å². The average Bonchev–Trinajstić information content (AvgIpc) is 2.28. The first kappa shape index (κ1) is 14.0. The fourth-order valence-electron chi connectivity index (χ4n) is 1.46. The van der Waals surface area contributed by atoms with Gasteiger partial charge >= 0.3 is 5.69 Å². The molecule has 5 heteroatoms. The number of nitro groups is 1. The van der Waals surface area contributed by atoms with Crippen LogP contribution in [0.2, 0.25) is 0 Å². The second-order valence-corrected chi connectivity index (χ2v) is 5.40. The minimum absolute atomic E-state index is 0.00641. The normalized spacial score (nSPS) is 12.5. The fraction of sp³-hybridized carbons (Fsp3) is 0.500. The van der Waals surface area contributed by atoms with Crippen LogP contribution in [-0.2, 0) is 6.42 Å². The first-order valence-electron chi connectivity index (χ1n) is 5.41. The van der Waals surface area contributed by atoms with E-state index in [-0.39, 0.29) is 5.69 Å². The molecule has 4 nitrogen and oxygen atoms in total. The van der Waals surface area contributed by atoms with Gasteiger partial charge in [0.2, 0.25) is 0 Å². The number of alkyl halides is 1. The summed E-state index contributed by atoms with van der Waals surface area (Å²) in [6.07, 6.45) is 0.825. The van der Waals surface area contributed by atoms with Crippen molar-refractivity contribution in [3.63, 3.8) is 0 Å². The second kappa shape index (κ2) is 6.00. The number of nitrogens with zero attached hydrogens (tertiary/aromatic N) is 1. The van der Waals surface area contributed by atoms with Gasteiger partial charge in [-0.25, -0.2) is 0 Å². The molecule has 17 heavy (non-hydrogen) atoms. The monoisotopic (exact) mass is 301 g/mol. The highest BCUT2D eigenvalue weighted by Gasteiger charge is 2.16. The molecule has 0 saturated heterocycles. The maximum absolute atomic E-state index is 10.7. The van der Waals surface area contributed by atoms with Crippen molar-refractivity contribution in [1.82, 2.24) is 0 Å². The molecule has 0 aliphatic carbocycles. The molecular weight excluding hydrogens is 286 g/mol. The van der Waals surface area contributed by atoms with Crippen molar-refractivity contribution in [2.45, 2.75) is 25.1 Å². The molecule has 1 aromatic carbocycles. The predicted molar refractivity (Wildman–Crippen MR) is 70.9 cm³/mol. The zero-order chi connectivity index (χ0) is 13.0. The lowest BCUT2D eigenvalue weighted by Crippen LogP contribution is -2.10. The molecule has 0 aromatic heterocycles. The molecule has 0 fully saturated rings. The molecule has 0 spiro atoms. The Morgan fingerprint density at radius 2 is 2.12 bits per heavy atom. The van der Waals surface area contributed by atoms with E-state index in [4.69, 9.17) is 4.74 Å². The van der Waals surface area contributed by atoms with Crippen LogP contribution in [0.25, 0.3) is 0 Å². The number of nitro benzene ring substituents is 1. The van der Waals surface area contributed by atoms with Crippen LogP contribution in [0.15, 0.2) is 18.2 Å². The van der Waals surface area contributed by atoms with Crippen LogP contribution in [0.5, 0.6) is 5.75 Å². The summed E-state index contributed by atoms with van der Waals surface area (Å²) in [7, 11) is 1.44. The number of halogens is 1. The number of hydrogen-bond donors (Lipinski definition) is 0. The van der Waals surface area contributed by atoms with Gasteiger partial charge in [-0.3, -0.25) is 10.1 Å². The largest absolute Gasteiger partial charge is 0.490 e. The van der Waals surface area contributed by atoms with Crippen LogP contribution in [0.3, 0.4) is 0 Å². The molecule has 0 bridgehead atoms. The lowest BCUT2D eigenvalue weighted by molar-refractivity contribution is -0.385. The molecule has 94 valence electrons. The smallest absolute Gasteiger partial charge is 0.310 e. The molecule has 0 aliphatic heterocycles. The lowest BCUT2D eigenvalue weighted by Gasteiger charge is -2.14. The number of benzene rings is 1. The molecule has 1 atom stereocenters. The Morgan fingerprint density at radius 1 is 1.47 bits per heavy atom. The third-order valence-electron chi connectivity index (χ3n) is 2.59. The van der Waals surface area contributed by atoms with E-state index in [0.29, 0.717) is 16.5 Å². The number of hydrogen-bond acceptors (Lipinski definition) is 3. The van der Waals surface area contributed by atoms with Gasteiger partial charge < -0.3 is 4.74 Å². The number of methoxy groups -OCH3 is 1. The van der Waals surface area contributed by atoms with Crippen LogP contribution < -0.4 is 4.74 Å². The van der Waals surface area contributed by atoms with E-state index in [1.807, 2.05) is 0 Å². The van der Waals surface area contributed by atoms with Gasteiger partial charge in [0.25, 0.3) is 0 Å². The van der Waals surface area contributed by atoms with Crippen molar-refractivity contribution in [2.24, 2.45) is 5.92 Å². The zero-order valence-corrected chi connectivity index (χ0v) is 11.7. The summed E-state index contributed by atoms with van der Waals surface area (Å²) in [6.45, 7) is 4.25. The molecule has 1 unspecified atom stereocenters. The van der Waals surface area contributed by atoms with E-state index in [2.05, 4.69) is 29.8 Å². The minimum atomic E-state index is -0.434. The standard InChI is InChI=1S/C12H16BrNO3/c1-8(2)10(13)6-9-4-5-11(14(15)16)12(7-9)17-3/h4-5,7-8,10H,6H2,1-3H3. The van der Waals surface area contributed by atoms with Crippen LogP contribution in [0.1, 0.15) is 19.4 Å². The van der Waals surface area contributed by atoms with Crippen LogP contribution in [0.4, 0.5) is 5.69 Å². The Balaban J connectivity index is 2.94. The minimum Gasteiger partial charge on any atom is -0.490 e. The summed E-state index contributed by atoms with van der Waals surface area (Å²) in [5.74, 6) is 0.826. The predicted octanol–water partition coefficient (Wildman–Crippen LogP) is 3.57. The highest BCUT2D eigenvalue weighted by atomic mass is 79.9. The Kier molecular flexibility index (Phi) is 4.93. The topological polar surface area (TPSA) is 52.4 Å². The number of rotatable bonds is 5. The van der Waals surface area contributed by atoms with E-state index in [0.717, 1.165) is 12.0 Å². The summed E-state index contributed by atoms with van der Waals surface area (Å²) in [6, 6.07) is 5.00. The summed E-state index contributed by atoms with van der Waals surface area (Å²) in [4.78, 5) is 10.7. The molecule has 0 N–H and O–H groups in total. The first-order valence-corrected chi connectivity index (χ1v) is 6.32. The molecule has 1 aromatic rings. The zero-order valence-electron chi connectivity index (χ0n) is 10.1. The van der Waals surface area contributed by atoms with E-state index in [9.17, 15) is 10.1 Å². The first-order chi connectivity index (χ1) is 7.95. The van der Waals surface area contributed by atoms with Gasteiger partial charge in [-0.1, -0.05) is 35.8 Å². The van der Waals surface area contributed by atoms with Crippen LogP contribution >= 0.6 is 15.9 Å². The Morgan fingerprint density at radius 3 is 2.59 bits per heavy atom. The van der Waals surface area contributed by atoms with Crippen molar-refractivity contribution in [3.8, 4) is 5.75 Å². The highest BCUT2D eigenvalue weighted by molar-refractivity contribution is 9.09. The van der Waals surface area contributed by atoms with Crippen molar-refractivity contribution in [2.75, 3.05) is 7.11 Å². The van der Waals surface area contributed by atoms with E-state index in [1.54, 1.807) is 12.1 Å². The van der Waals surface area contributed by atoms with Gasteiger partial charge in [-0.2, -0.15) is 0 Å². The molecule has 0 aliphatic rings. The summed E-state index contributed by atoms with van der Waals surface area (Å²) >= 11 is 3.60.